The summed E-state index contributed by atoms with van der Waals surface area (Å²) in [5.41, 5.74) is 4.23. The van der Waals surface area contributed by atoms with Gasteiger partial charge in [-0.15, -0.1) is 0 Å². The molecule has 0 saturated heterocycles. The number of carbonyl (C=O) groups excluding carboxylic acids is 2. The molecular weight excluding hydrogens is 431 g/mol. The highest BCUT2D eigenvalue weighted by molar-refractivity contribution is 7.00. The van der Waals surface area contributed by atoms with E-state index in [9.17, 15) is 9.59 Å². The van der Waals surface area contributed by atoms with Crippen molar-refractivity contribution >= 4 is 20.9 Å². The summed E-state index contributed by atoms with van der Waals surface area (Å²) < 4.78 is 13.8. The molecule has 0 spiro atoms. The van der Waals surface area contributed by atoms with Crippen molar-refractivity contribution in [3.8, 4) is 0 Å². The number of hydrogen-bond donors (Lipinski definition) is 0. The van der Waals surface area contributed by atoms with Crippen LogP contribution in [-0.4, -0.2) is 18.4 Å². The number of rotatable bonds is 13. The highest BCUT2D eigenvalue weighted by atomic mass is 31.0. The van der Waals surface area contributed by atoms with Gasteiger partial charge in [-0.3, -0.25) is 9.59 Å². The Morgan fingerprint density at radius 3 is 1.88 bits per heavy atom. The molecule has 0 aliphatic rings. The number of aryl methyl sites for hydroxylation is 3. The third-order valence-electron chi connectivity index (χ3n) is 5.80. The molecule has 2 atom stereocenters. The van der Waals surface area contributed by atoms with Gasteiger partial charge in [-0.1, -0.05) is 104 Å². The Morgan fingerprint density at radius 1 is 0.818 bits per heavy atom. The van der Waals surface area contributed by atoms with Gasteiger partial charge in [0, 0.05) is 5.56 Å². The van der Waals surface area contributed by atoms with E-state index < -0.39 is 11.9 Å². The summed E-state index contributed by atoms with van der Waals surface area (Å²) >= 11 is 0. The minimum Gasteiger partial charge on any atom is -0.465 e. The zero-order valence-electron chi connectivity index (χ0n) is 20.7. The van der Waals surface area contributed by atoms with Crippen molar-refractivity contribution in [3.63, 3.8) is 0 Å². The number of ether oxygens (including phenoxy) is 1. The average molecular weight is 472 g/mol. The summed E-state index contributed by atoms with van der Waals surface area (Å²) in [5.74, 6) is -1.55. The molecule has 0 amide bonds. The fourth-order valence-corrected chi connectivity index (χ4v) is 4.25. The van der Waals surface area contributed by atoms with E-state index in [1.807, 2.05) is 63.2 Å². The Hall–Kier alpha value is -2.32. The molecule has 2 aromatic rings. The van der Waals surface area contributed by atoms with Crippen molar-refractivity contribution in [2.24, 2.45) is 0 Å². The Balaban J connectivity index is 0.00000265. The molecule has 0 aliphatic heterocycles. The van der Waals surface area contributed by atoms with Crippen molar-refractivity contribution < 1.29 is 18.9 Å². The Labute approximate surface area is 201 Å². The van der Waals surface area contributed by atoms with Crippen LogP contribution in [0.2, 0.25) is 0 Å². The van der Waals surface area contributed by atoms with Crippen LogP contribution in [0.4, 0.5) is 0 Å². The molecule has 4 nitrogen and oxygen atoms in total. The van der Waals surface area contributed by atoms with Gasteiger partial charge in [0.25, 0.3) is 0 Å². The first-order valence-electron chi connectivity index (χ1n) is 12.0. The van der Waals surface area contributed by atoms with Crippen LogP contribution in [0.3, 0.4) is 0 Å². The third kappa shape index (κ3) is 9.60. The van der Waals surface area contributed by atoms with Crippen molar-refractivity contribution in [1.82, 2.24) is 0 Å². The van der Waals surface area contributed by atoms with Crippen molar-refractivity contribution in [2.75, 3.05) is 6.61 Å². The quantitative estimate of drug-likeness (QED) is 0.0999. The maximum absolute atomic E-state index is 13.5. The lowest BCUT2D eigenvalue weighted by Crippen LogP contribution is -2.26. The average Bonchev–Trinajstić information content (AvgIpc) is 2.79. The molecule has 0 bridgehead atoms. The molecule has 0 aliphatic carbocycles. The van der Waals surface area contributed by atoms with E-state index >= 15 is 0 Å². The van der Waals surface area contributed by atoms with Gasteiger partial charge in [0.05, 0.1) is 6.61 Å². The summed E-state index contributed by atoms with van der Waals surface area (Å²) in [4.78, 5) is 26.5. The van der Waals surface area contributed by atoms with Gasteiger partial charge in [0.2, 0.25) is 0 Å². The van der Waals surface area contributed by atoms with E-state index in [0.717, 1.165) is 29.5 Å². The smallest absolute Gasteiger partial charge is 0.321 e. The van der Waals surface area contributed by atoms with Gasteiger partial charge >= 0.3 is 15.1 Å². The van der Waals surface area contributed by atoms with Crippen molar-refractivity contribution in [2.45, 2.75) is 85.0 Å². The highest BCUT2D eigenvalue weighted by Crippen LogP contribution is 2.27. The standard InChI is InChI=1S/C28H38O3.H2OP/c1-5-6-7-8-9-10-11-15-18-31-28(30)26(24-16-13-12-14-17-24)27(29)25-22(3)19-21(2)20-23(25)4;1-2/h12-14,16-17,19-20,26H,5-11,15,18H2,1-4H3;2H2/q;+1. The fraction of sp³-hybridized carbons (Fsp3) is 0.500. The van der Waals surface area contributed by atoms with Gasteiger partial charge in [-0.05, 0) is 43.9 Å². The molecule has 2 aromatic carbocycles. The van der Waals surface area contributed by atoms with Crippen molar-refractivity contribution in [3.05, 3.63) is 70.3 Å². The summed E-state index contributed by atoms with van der Waals surface area (Å²) in [6, 6.07) is 13.3. The fourth-order valence-electron chi connectivity index (χ4n) is 4.25. The van der Waals surface area contributed by atoms with Crippen molar-refractivity contribution in [1.29, 1.82) is 0 Å². The number of unbranched alkanes of at least 4 members (excludes halogenated alkanes) is 7. The van der Waals surface area contributed by atoms with Crippen LogP contribution in [0, 0.1) is 20.8 Å². The number of hydrogen-bond acceptors (Lipinski definition) is 4. The maximum atomic E-state index is 13.5. The van der Waals surface area contributed by atoms with E-state index in [4.69, 9.17) is 9.30 Å². The lowest BCUT2D eigenvalue weighted by atomic mass is 9.86. The van der Waals surface area contributed by atoms with Gasteiger partial charge in [0.1, 0.15) is 5.92 Å². The second-order valence-electron chi connectivity index (χ2n) is 8.62. The molecule has 33 heavy (non-hydrogen) atoms. The number of Topliss-reactive ketones (excluding diaryl/α,β-unsaturated/α-hetero) is 1. The molecular formula is C28H40O4P+. The minimum absolute atomic E-state index is 0.179. The van der Waals surface area contributed by atoms with Gasteiger partial charge < -0.3 is 4.74 Å². The van der Waals surface area contributed by atoms with Crippen LogP contribution in [0.15, 0.2) is 42.5 Å². The summed E-state index contributed by atoms with van der Waals surface area (Å²) in [7, 11) is 1.17. The molecule has 0 aromatic heterocycles. The molecule has 2 unspecified atom stereocenters. The van der Waals surface area contributed by atoms with Crippen LogP contribution in [-0.2, 0) is 14.1 Å². The monoisotopic (exact) mass is 471 g/mol. The Bertz CT molecular complexity index is 840. The van der Waals surface area contributed by atoms with Crippen LogP contribution in [0.25, 0.3) is 0 Å². The van der Waals surface area contributed by atoms with E-state index in [0.29, 0.717) is 17.7 Å². The second kappa shape index (κ2) is 16.3. The SMILES string of the molecule is CCCCCCCCCCOC(=O)C(C(=O)c1c(C)cc(C)cc1C)c1ccccc1.O=[PH2+]. The summed E-state index contributed by atoms with van der Waals surface area (Å²) in [5, 5.41) is 0. The van der Waals surface area contributed by atoms with E-state index in [1.54, 1.807) is 0 Å². The largest absolute Gasteiger partial charge is 0.465 e. The topological polar surface area (TPSA) is 60.4 Å². The highest BCUT2D eigenvalue weighted by Gasteiger charge is 2.32. The lowest BCUT2D eigenvalue weighted by Gasteiger charge is -2.18. The van der Waals surface area contributed by atoms with E-state index in [2.05, 4.69) is 6.92 Å². The Kier molecular flexibility index (Phi) is 14.2. The number of esters is 1. The molecule has 0 saturated carbocycles. The number of carbonyl (C=O) groups is 2. The number of benzene rings is 2. The third-order valence-corrected chi connectivity index (χ3v) is 5.80. The first-order chi connectivity index (χ1) is 16.0. The molecule has 5 heteroatoms. The Morgan fingerprint density at radius 2 is 1.33 bits per heavy atom. The second-order valence-corrected chi connectivity index (χ2v) is 8.62. The summed E-state index contributed by atoms with van der Waals surface area (Å²) in [6.45, 7) is 8.47. The van der Waals surface area contributed by atoms with E-state index in [-0.39, 0.29) is 5.78 Å². The van der Waals surface area contributed by atoms with Crippen LogP contribution >= 0.6 is 9.12 Å². The molecule has 0 fully saturated rings. The molecule has 0 radical (unpaired) electrons. The minimum atomic E-state index is -0.921. The van der Waals surface area contributed by atoms with Gasteiger partial charge in [-0.2, -0.15) is 0 Å². The molecule has 0 heterocycles. The first kappa shape index (κ1) is 28.7. The zero-order chi connectivity index (χ0) is 24.6. The first-order valence-corrected chi connectivity index (χ1v) is 12.5. The predicted octanol–water partition coefficient (Wildman–Crippen LogP) is 7.47. The van der Waals surface area contributed by atoms with Crippen LogP contribution in [0.5, 0.6) is 0 Å². The molecule has 180 valence electrons. The zero-order valence-corrected chi connectivity index (χ0v) is 21.8. The lowest BCUT2D eigenvalue weighted by molar-refractivity contribution is -0.144. The van der Waals surface area contributed by atoms with Crippen LogP contribution in [0.1, 0.15) is 96.8 Å². The van der Waals surface area contributed by atoms with E-state index in [1.165, 1.54) is 47.6 Å². The molecule has 2 rings (SSSR count). The maximum Gasteiger partial charge on any atom is 0.321 e. The normalized spacial score (nSPS) is 11.3. The predicted molar refractivity (Wildman–Crippen MR) is 138 cm³/mol. The van der Waals surface area contributed by atoms with Crippen LogP contribution < -0.4 is 0 Å². The van der Waals surface area contributed by atoms with Gasteiger partial charge in [-0.25, -0.2) is 0 Å². The summed E-state index contributed by atoms with van der Waals surface area (Å²) in [6.07, 6.45) is 9.48. The van der Waals surface area contributed by atoms with Gasteiger partial charge in [0.15, 0.2) is 5.78 Å². The number of ketones is 1. The molecule has 0 N–H and O–H groups in total.